The summed E-state index contributed by atoms with van der Waals surface area (Å²) in [6.07, 6.45) is 1.11. The molecule has 2 unspecified atom stereocenters. The zero-order valence-electron chi connectivity index (χ0n) is 12.2. The minimum atomic E-state index is -1.06. The van der Waals surface area contributed by atoms with Crippen LogP contribution in [0.25, 0.3) is 0 Å². The van der Waals surface area contributed by atoms with E-state index in [-0.39, 0.29) is 17.9 Å². The molecule has 0 saturated carbocycles. The third kappa shape index (κ3) is 3.93. The van der Waals surface area contributed by atoms with Crippen LogP contribution < -0.4 is 0 Å². The lowest BCUT2D eigenvalue weighted by molar-refractivity contribution is -0.157. The molecular weight excluding hydrogens is 246 g/mol. The third-order valence-electron chi connectivity index (χ3n) is 3.89. The first-order valence-corrected chi connectivity index (χ1v) is 6.84. The molecule has 1 amide bonds. The van der Waals surface area contributed by atoms with E-state index < -0.39 is 17.3 Å². The molecule has 2 N–H and O–H groups in total. The second-order valence-corrected chi connectivity index (χ2v) is 6.54. The van der Waals surface area contributed by atoms with Crippen molar-refractivity contribution in [1.82, 2.24) is 4.90 Å². The normalized spacial score (nSPS) is 21.0. The first kappa shape index (κ1) is 16.0. The summed E-state index contributed by atoms with van der Waals surface area (Å²) in [6.45, 7) is 8.14. The topological polar surface area (TPSA) is 77.8 Å². The van der Waals surface area contributed by atoms with Crippen LogP contribution in [0.15, 0.2) is 0 Å². The fraction of sp³-hybridized carbons (Fsp3) is 0.857. The van der Waals surface area contributed by atoms with E-state index in [1.165, 1.54) is 0 Å². The number of nitrogens with zero attached hydrogens (tertiary/aromatic N) is 1. The van der Waals surface area contributed by atoms with Crippen LogP contribution in [0.3, 0.4) is 0 Å². The smallest absolute Gasteiger partial charge is 0.316 e. The summed E-state index contributed by atoms with van der Waals surface area (Å²) in [7, 11) is 0. The molecule has 1 aliphatic heterocycles. The van der Waals surface area contributed by atoms with Crippen molar-refractivity contribution >= 4 is 11.9 Å². The largest absolute Gasteiger partial charge is 0.481 e. The number of aliphatic hydroxyl groups is 1. The summed E-state index contributed by atoms with van der Waals surface area (Å²) >= 11 is 0. The lowest BCUT2D eigenvalue weighted by Crippen LogP contribution is -2.48. The quantitative estimate of drug-likeness (QED) is 0.760. The van der Waals surface area contributed by atoms with Crippen LogP contribution in [-0.2, 0) is 9.59 Å². The molecule has 1 rings (SSSR count). The van der Waals surface area contributed by atoms with Crippen molar-refractivity contribution in [2.45, 2.75) is 46.6 Å². The van der Waals surface area contributed by atoms with E-state index in [2.05, 4.69) is 0 Å². The van der Waals surface area contributed by atoms with Gasteiger partial charge in [0.25, 0.3) is 0 Å². The maximum Gasteiger partial charge on any atom is 0.316 e. The van der Waals surface area contributed by atoms with Crippen LogP contribution in [0.2, 0.25) is 0 Å². The summed E-state index contributed by atoms with van der Waals surface area (Å²) in [4.78, 5) is 25.3. The molecule has 0 spiro atoms. The fourth-order valence-electron chi connectivity index (χ4n) is 2.63. The van der Waals surface area contributed by atoms with Gasteiger partial charge in [0.15, 0.2) is 0 Å². The number of carbonyl (C=O) groups is 2. The van der Waals surface area contributed by atoms with Gasteiger partial charge in [0.2, 0.25) is 5.91 Å². The molecule has 0 bridgehead atoms. The summed E-state index contributed by atoms with van der Waals surface area (Å²) < 4.78 is 0. The number of aliphatic hydroxyl groups excluding tert-OH is 1. The summed E-state index contributed by atoms with van der Waals surface area (Å²) in [6, 6.07) is 0. The number of amides is 1. The minimum Gasteiger partial charge on any atom is -0.481 e. The van der Waals surface area contributed by atoms with Crippen molar-refractivity contribution in [3.8, 4) is 0 Å². The van der Waals surface area contributed by atoms with Crippen LogP contribution in [0.1, 0.15) is 40.5 Å². The Hall–Kier alpha value is -1.10. The molecule has 0 aromatic rings. The summed E-state index contributed by atoms with van der Waals surface area (Å²) in [5.74, 6) is -2.16. The highest BCUT2D eigenvalue weighted by Gasteiger charge is 2.41. The Morgan fingerprint density at radius 3 is 2.00 bits per heavy atom. The van der Waals surface area contributed by atoms with Gasteiger partial charge < -0.3 is 15.1 Å². The van der Waals surface area contributed by atoms with Crippen LogP contribution in [-0.4, -0.2) is 46.2 Å². The number of aliphatic carboxylic acids is 1. The van der Waals surface area contributed by atoms with E-state index in [1.54, 1.807) is 32.6 Å². The predicted molar refractivity (Wildman–Crippen MR) is 71.6 cm³/mol. The Morgan fingerprint density at radius 2 is 1.68 bits per heavy atom. The number of carbonyl (C=O) groups excluding carboxylic acids is 1. The van der Waals surface area contributed by atoms with Gasteiger partial charge in [-0.3, -0.25) is 9.59 Å². The number of hydrogen-bond donors (Lipinski definition) is 2. The van der Waals surface area contributed by atoms with Crippen LogP contribution >= 0.6 is 0 Å². The van der Waals surface area contributed by atoms with Crippen molar-refractivity contribution in [3.05, 3.63) is 0 Å². The van der Waals surface area contributed by atoms with Crippen LogP contribution in [0, 0.1) is 17.3 Å². The fourth-order valence-corrected chi connectivity index (χ4v) is 2.63. The number of piperidine rings is 1. The van der Waals surface area contributed by atoms with Crippen molar-refractivity contribution in [2.75, 3.05) is 13.1 Å². The second-order valence-electron chi connectivity index (χ2n) is 6.54. The Balaban J connectivity index is 2.71. The van der Waals surface area contributed by atoms with Gasteiger partial charge in [0, 0.05) is 13.1 Å². The van der Waals surface area contributed by atoms with Crippen LogP contribution in [0.5, 0.6) is 0 Å². The zero-order valence-corrected chi connectivity index (χ0v) is 12.2. The van der Waals surface area contributed by atoms with E-state index in [0.717, 1.165) is 12.8 Å². The number of carboxylic acid groups (broad SMARTS) is 1. The van der Waals surface area contributed by atoms with E-state index in [9.17, 15) is 19.8 Å². The van der Waals surface area contributed by atoms with Crippen molar-refractivity contribution in [2.24, 2.45) is 17.3 Å². The molecule has 1 saturated heterocycles. The number of likely N-dealkylation sites (tertiary alicyclic amines) is 1. The first-order valence-electron chi connectivity index (χ1n) is 6.84. The Kier molecular flexibility index (Phi) is 4.96. The highest BCUT2D eigenvalue weighted by molar-refractivity contribution is 5.97. The van der Waals surface area contributed by atoms with Gasteiger partial charge in [0.05, 0.1) is 6.10 Å². The maximum absolute atomic E-state index is 12.3. The van der Waals surface area contributed by atoms with Crippen molar-refractivity contribution in [3.63, 3.8) is 0 Å². The van der Waals surface area contributed by atoms with Gasteiger partial charge in [-0.1, -0.05) is 20.8 Å². The zero-order chi connectivity index (χ0) is 14.8. The van der Waals surface area contributed by atoms with E-state index >= 15 is 0 Å². The molecule has 110 valence electrons. The van der Waals surface area contributed by atoms with Gasteiger partial charge in [-0.15, -0.1) is 0 Å². The highest BCUT2D eigenvalue weighted by atomic mass is 16.4. The molecule has 1 fully saturated rings. The van der Waals surface area contributed by atoms with Crippen molar-refractivity contribution < 1.29 is 19.8 Å². The molecule has 0 aliphatic carbocycles. The number of rotatable bonds is 3. The van der Waals surface area contributed by atoms with Gasteiger partial charge in [-0.05, 0) is 31.1 Å². The molecule has 5 heteroatoms. The van der Waals surface area contributed by atoms with Gasteiger partial charge in [-0.2, -0.15) is 0 Å². The monoisotopic (exact) mass is 271 g/mol. The van der Waals surface area contributed by atoms with Crippen LogP contribution in [0.4, 0.5) is 0 Å². The summed E-state index contributed by atoms with van der Waals surface area (Å²) in [5.41, 5.74) is -0.593. The Morgan fingerprint density at radius 1 is 1.21 bits per heavy atom. The number of carboxylic acids is 1. The number of hydrogen-bond acceptors (Lipinski definition) is 3. The average Bonchev–Trinajstić information content (AvgIpc) is 2.26. The molecule has 5 nitrogen and oxygen atoms in total. The first-order chi connectivity index (χ1) is 8.64. The highest BCUT2D eigenvalue weighted by Crippen LogP contribution is 2.30. The van der Waals surface area contributed by atoms with Gasteiger partial charge in [-0.25, -0.2) is 0 Å². The SMILES string of the molecule is CC(O)C1CCN(C(=O)C(C(=O)O)C(C)(C)C)CC1. The Bertz CT molecular complexity index is 338. The molecule has 2 atom stereocenters. The standard InChI is InChI=1S/C14H25NO4/c1-9(16)10-5-7-15(8-6-10)12(17)11(13(18)19)14(2,3)4/h9-11,16H,5-8H2,1-4H3,(H,18,19). The van der Waals surface area contributed by atoms with Gasteiger partial charge >= 0.3 is 5.97 Å². The lowest BCUT2D eigenvalue weighted by Gasteiger charge is -2.37. The third-order valence-corrected chi connectivity index (χ3v) is 3.89. The Labute approximate surface area is 114 Å². The molecule has 0 aromatic heterocycles. The second kappa shape index (κ2) is 5.90. The van der Waals surface area contributed by atoms with E-state index in [0.29, 0.717) is 13.1 Å². The predicted octanol–water partition coefficient (Wildman–Crippen LogP) is 1.35. The van der Waals surface area contributed by atoms with Gasteiger partial charge in [0.1, 0.15) is 5.92 Å². The molecule has 0 aromatic carbocycles. The molecule has 1 heterocycles. The van der Waals surface area contributed by atoms with E-state index in [4.69, 9.17) is 0 Å². The molecular formula is C14H25NO4. The van der Waals surface area contributed by atoms with Crippen molar-refractivity contribution in [1.29, 1.82) is 0 Å². The molecule has 0 radical (unpaired) electrons. The maximum atomic E-state index is 12.3. The molecule has 19 heavy (non-hydrogen) atoms. The average molecular weight is 271 g/mol. The molecule has 1 aliphatic rings. The van der Waals surface area contributed by atoms with E-state index in [1.807, 2.05) is 0 Å². The summed E-state index contributed by atoms with van der Waals surface area (Å²) in [5, 5.41) is 18.8. The minimum absolute atomic E-state index is 0.210. The lowest BCUT2D eigenvalue weighted by atomic mass is 9.79.